The zero-order valence-electron chi connectivity index (χ0n) is 19.4. The van der Waals surface area contributed by atoms with Gasteiger partial charge in [-0.15, -0.1) is 0 Å². The van der Waals surface area contributed by atoms with Crippen molar-refractivity contribution in [3.05, 3.63) is 45.7 Å². The Labute approximate surface area is 188 Å². The van der Waals surface area contributed by atoms with Crippen LogP contribution in [0.2, 0.25) is 0 Å². The lowest BCUT2D eigenvalue weighted by atomic mass is 9.87. The fourth-order valence-corrected chi connectivity index (χ4v) is 4.07. The third-order valence-corrected chi connectivity index (χ3v) is 5.73. The number of ketones is 1. The second kappa shape index (κ2) is 10.0. The van der Waals surface area contributed by atoms with Gasteiger partial charge in [-0.25, -0.2) is 4.79 Å². The quantitative estimate of drug-likeness (QED) is 0.428. The van der Waals surface area contributed by atoms with Crippen LogP contribution >= 0.6 is 0 Å². The van der Waals surface area contributed by atoms with E-state index in [1.54, 1.807) is 27.2 Å². The van der Waals surface area contributed by atoms with Crippen LogP contribution < -0.4 is 14.9 Å². The van der Waals surface area contributed by atoms with Crippen molar-refractivity contribution in [2.24, 2.45) is 5.92 Å². The van der Waals surface area contributed by atoms with Crippen LogP contribution in [0.15, 0.2) is 29.2 Å². The molecule has 0 aliphatic carbocycles. The van der Waals surface area contributed by atoms with E-state index in [0.29, 0.717) is 30.9 Å². The molecule has 1 aromatic heterocycles. The fraction of sp³-hybridized carbons (Fsp3) is 0.480. The molecule has 1 aromatic carbocycles. The van der Waals surface area contributed by atoms with Gasteiger partial charge in [0.05, 0.1) is 26.0 Å². The van der Waals surface area contributed by atoms with Crippen LogP contribution in [0.3, 0.4) is 0 Å². The lowest BCUT2D eigenvalue weighted by Gasteiger charge is -2.34. The van der Waals surface area contributed by atoms with E-state index < -0.39 is 5.97 Å². The number of carbonyl (C=O) groups is 2. The molecule has 0 N–H and O–H groups in total. The van der Waals surface area contributed by atoms with Gasteiger partial charge in [-0.05, 0) is 50.3 Å². The summed E-state index contributed by atoms with van der Waals surface area (Å²) in [5, 5.41) is 0. The molecule has 2 aromatic rings. The van der Waals surface area contributed by atoms with Gasteiger partial charge in [0.2, 0.25) is 0 Å². The molecule has 0 amide bonds. The highest BCUT2D eigenvalue weighted by Gasteiger charge is 2.29. The van der Waals surface area contributed by atoms with Gasteiger partial charge in [0, 0.05) is 30.3 Å². The Balaban J connectivity index is 2.05. The molecule has 1 unspecified atom stereocenters. The van der Waals surface area contributed by atoms with E-state index in [1.807, 2.05) is 16.7 Å². The number of aromatic nitrogens is 1. The maximum atomic E-state index is 12.7. The highest BCUT2D eigenvalue weighted by atomic mass is 16.5. The number of hydrogen-bond acceptors (Lipinski definition) is 6. The minimum Gasteiger partial charge on any atom is -0.493 e. The van der Waals surface area contributed by atoms with Gasteiger partial charge in [0.1, 0.15) is 11.3 Å². The van der Waals surface area contributed by atoms with Crippen LogP contribution in [0.4, 0.5) is 0 Å². The fourth-order valence-electron chi connectivity index (χ4n) is 4.07. The van der Waals surface area contributed by atoms with Crippen molar-refractivity contribution in [2.75, 3.05) is 20.3 Å². The summed E-state index contributed by atoms with van der Waals surface area (Å²) in [5.41, 5.74) is 2.34. The first kappa shape index (κ1) is 23.6. The predicted molar refractivity (Wildman–Crippen MR) is 122 cm³/mol. The van der Waals surface area contributed by atoms with Crippen LogP contribution in [0.1, 0.15) is 62.5 Å². The Morgan fingerprint density at radius 3 is 2.56 bits per heavy atom. The number of hydrogen-bond donors (Lipinski definition) is 0. The number of pyridine rings is 1. The van der Waals surface area contributed by atoms with Crippen molar-refractivity contribution in [3.63, 3.8) is 0 Å². The second-order valence-electron chi connectivity index (χ2n) is 8.39. The molecule has 0 spiro atoms. The molecular weight excluding hydrogens is 410 g/mol. The first-order chi connectivity index (χ1) is 15.3. The molecule has 172 valence electrons. The molecule has 1 atom stereocenters. The number of ether oxygens (including phenoxy) is 3. The number of methoxy groups -OCH3 is 1. The topological polar surface area (TPSA) is 83.8 Å². The molecule has 7 heteroatoms. The number of carbonyl (C=O) groups excluding carboxylic acids is 2. The third-order valence-electron chi connectivity index (χ3n) is 5.73. The van der Waals surface area contributed by atoms with Gasteiger partial charge in [-0.1, -0.05) is 13.8 Å². The van der Waals surface area contributed by atoms with Crippen LogP contribution in [-0.4, -0.2) is 36.6 Å². The van der Waals surface area contributed by atoms with E-state index in [2.05, 4.69) is 13.8 Å². The van der Waals surface area contributed by atoms with Crippen molar-refractivity contribution < 1.29 is 23.8 Å². The van der Waals surface area contributed by atoms with E-state index in [1.165, 1.54) is 6.07 Å². The van der Waals surface area contributed by atoms with E-state index in [9.17, 15) is 14.4 Å². The molecule has 0 saturated carbocycles. The molecule has 0 radical (unpaired) electrons. The van der Waals surface area contributed by atoms with E-state index in [0.717, 1.165) is 23.2 Å². The first-order valence-corrected chi connectivity index (χ1v) is 11.0. The zero-order chi connectivity index (χ0) is 23.4. The van der Waals surface area contributed by atoms with Crippen molar-refractivity contribution >= 4 is 11.8 Å². The van der Waals surface area contributed by atoms with Crippen LogP contribution in [0.25, 0.3) is 11.3 Å². The summed E-state index contributed by atoms with van der Waals surface area (Å²) in [7, 11) is 1.57. The Hall–Kier alpha value is -3.09. The first-order valence-electron chi connectivity index (χ1n) is 11.0. The summed E-state index contributed by atoms with van der Waals surface area (Å²) in [6, 6.07) is 5.41. The van der Waals surface area contributed by atoms with E-state index in [4.69, 9.17) is 14.2 Å². The number of rotatable bonds is 9. The summed E-state index contributed by atoms with van der Waals surface area (Å²) >= 11 is 0. The molecule has 0 fully saturated rings. The third kappa shape index (κ3) is 4.87. The van der Waals surface area contributed by atoms with Crippen LogP contribution in [-0.2, 0) is 16.0 Å². The largest absolute Gasteiger partial charge is 0.493 e. The smallest absolute Gasteiger partial charge is 0.343 e. The number of Topliss-reactive ketones (excluding diaryl/α,β-unsaturated/α-hetero) is 1. The highest BCUT2D eigenvalue weighted by molar-refractivity contribution is 5.89. The lowest BCUT2D eigenvalue weighted by Crippen LogP contribution is -2.28. The number of esters is 1. The standard InChI is InChI=1S/C25H31NO6/c1-6-31-25(29)19-14-26-20(15(2)3)10-17-11-24(32-9-7-8-16(4)27)23(30-5)12-18(17)21(26)13-22(19)28/h11-15,20H,6-10H2,1-5H3. The molecule has 3 rings (SSSR count). The van der Waals surface area contributed by atoms with Gasteiger partial charge in [-0.3, -0.25) is 4.79 Å². The number of nitrogens with zero attached hydrogens (tertiary/aromatic N) is 1. The molecule has 2 heterocycles. The molecule has 0 bridgehead atoms. The average Bonchev–Trinajstić information content (AvgIpc) is 2.75. The summed E-state index contributed by atoms with van der Waals surface area (Å²) in [4.78, 5) is 36.2. The number of fused-ring (bicyclic) bond motifs is 3. The van der Waals surface area contributed by atoms with E-state index >= 15 is 0 Å². The van der Waals surface area contributed by atoms with Gasteiger partial charge in [-0.2, -0.15) is 0 Å². The molecule has 0 saturated heterocycles. The Bertz CT molecular complexity index is 1070. The second-order valence-corrected chi connectivity index (χ2v) is 8.39. The Morgan fingerprint density at radius 2 is 1.94 bits per heavy atom. The van der Waals surface area contributed by atoms with Gasteiger partial charge >= 0.3 is 5.97 Å². The van der Waals surface area contributed by atoms with E-state index in [-0.39, 0.29) is 35.3 Å². The zero-order valence-corrected chi connectivity index (χ0v) is 19.4. The summed E-state index contributed by atoms with van der Waals surface area (Å²) < 4.78 is 18.5. The maximum absolute atomic E-state index is 12.7. The maximum Gasteiger partial charge on any atom is 0.343 e. The monoisotopic (exact) mass is 441 g/mol. The average molecular weight is 442 g/mol. The Morgan fingerprint density at radius 1 is 1.19 bits per heavy atom. The molecule has 1 aliphatic rings. The van der Waals surface area contributed by atoms with Crippen LogP contribution in [0.5, 0.6) is 11.5 Å². The molecule has 1 aliphatic heterocycles. The van der Waals surface area contributed by atoms with Gasteiger partial charge < -0.3 is 23.6 Å². The van der Waals surface area contributed by atoms with Crippen LogP contribution in [0, 0.1) is 5.92 Å². The predicted octanol–water partition coefficient (Wildman–Crippen LogP) is 4.20. The molecule has 32 heavy (non-hydrogen) atoms. The van der Waals surface area contributed by atoms with Crippen molar-refractivity contribution in [3.8, 4) is 22.8 Å². The molecular formula is C25H31NO6. The summed E-state index contributed by atoms with van der Waals surface area (Å²) in [6.07, 6.45) is 3.46. The lowest BCUT2D eigenvalue weighted by molar-refractivity contribution is -0.117. The normalized spacial score (nSPS) is 14.5. The highest BCUT2D eigenvalue weighted by Crippen LogP contribution is 2.42. The van der Waals surface area contributed by atoms with Crippen molar-refractivity contribution in [2.45, 2.75) is 53.0 Å². The van der Waals surface area contributed by atoms with Gasteiger partial charge in [0.15, 0.2) is 16.9 Å². The minimum atomic E-state index is -0.604. The summed E-state index contributed by atoms with van der Waals surface area (Å²) in [5.74, 6) is 0.976. The summed E-state index contributed by atoms with van der Waals surface area (Å²) in [6.45, 7) is 8.14. The SMILES string of the molecule is CCOC(=O)c1cn2c(cc1=O)-c1cc(OC)c(OCCCC(C)=O)cc1CC2C(C)C. The minimum absolute atomic E-state index is 0.0436. The molecule has 7 nitrogen and oxygen atoms in total. The van der Waals surface area contributed by atoms with Crippen molar-refractivity contribution in [1.29, 1.82) is 0 Å². The van der Waals surface area contributed by atoms with Gasteiger partial charge in [0.25, 0.3) is 0 Å². The van der Waals surface area contributed by atoms with Crippen molar-refractivity contribution in [1.82, 2.24) is 4.57 Å². The Kier molecular flexibility index (Phi) is 7.38. The number of benzene rings is 1.